The van der Waals surface area contributed by atoms with E-state index in [1.54, 1.807) is 6.08 Å². The lowest BCUT2D eigenvalue weighted by Gasteiger charge is -2.25. The lowest BCUT2D eigenvalue weighted by atomic mass is 10.0. The van der Waals surface area contributed by atoms with Crippen molar-refractivity contribution >= 4 is 13.7 Å². The first kappa shape index (κ1) is 57.2. The van der Waals surface area contributed by atoms with E-state index < -0.39 is 20.0 Å². The molecule has 0 aliphatic carbocycles. The first-order valence-corrected chi connectivity index (χ1v) is 26.6. The van der Waals surface area contributed by atoms with E-state index in [4.69, 9.17) is 9.05 Å². The normalized spacial score (nSPS) is 14.3. The number of phosphoric ester groups is 1. The molecule has 8 nitrogen and oxygen atoms in total. The number of aliphatic hydroxyl groups is 1. The molecule has 0 aromatic carbocycles. The summed E-state index contributed by atoms with van der Waals surface area (Å²) in [5, 5.41) is 13.8. The fourth-order valence-corrected chi connectivity index (χ4v) is 8.25. The highest BCUT2D eigenvalue weighted by molar-refractivity contribution is 7.47. The summed E-state index contributed by atoms with van der Waals surface area (Å²) in [6.45, 7) is 4.83. The summed E-state index contributed by atoms with van der Waals surface area (Å²) < 4.78 is 23.6. The van der Waals surface area contributed by atoms with E-state index in [2.05, 4.69) is 19.2 Å². The maximum absolute atomic E-state index is 12.9. The average Bonchev–Trinajstić information content (AvgIpc) is 3.17. The summed E-state index contributed by atoms with van der Waals surface area (Å²) in [7, 11) is 1.58. The highest BCUT2D eigenvalue weighted by atomic mass is 31.2. The Balaban J connectivity index is 4.16. The largest absolute Gasteiger partial charge is 0.472 e. The predicted molar refractivity (Wildman–Crippen MR) is 249 cm³/mol. The molecular formula is C49H100N2O6P+. The van der Waals surface area contributed by atoms with Gasteiger partial charge in [-0.15, -0.1) is 0 Å². The molecule has 0 fully saturated rings. The molecule has 0 spiro atoms. The number of carbonyl (C=O) groups excluding carboxylic acids is 1. The molecule has 0 aromatic heterocycles. The topological polar surface area (TPSA) is 105 Å². The van der Waals surface area contributed by atoms with Gasteiger partial charge < -0.3 is 19.8 Å². The third-order valence-corrected chi connectivity index (χ3v) is 12.5. The van der Waals surface area contributed by atoms with Gasteiger partial charge in [-0.3, -0.25) is 13.8 Å². The molecule has 0 bridgehead atoms. The van der Waals surface area contributed by atoms with Crippen molar-refractivity contribution in [2.75, 3.05) is 40.9 Å². The number of likely N-dealkylation sites (N-methyl/N-ethyl adjacent to an activating group) is 1. The number of carbonyl (C=O) groups is 1. The Bertz CT molecular complexity index is 958. The Hall–Kier alpha value is -0.760. The van der Waals surface area contributed by atoms with Crippen molar-refractivity contribution in [1.82, 2.24) is 5.32 Å². The number of hydrogen-bond donors (Lipinski definition) is 3. The molecule has 9 heteroatoms. The summed E-state index contributed by atoms with van der Waals surface area (Å²) in [6.07, 6.45) is 48.7. The number of hydrogen-bond acceptors (Lipinski definition) is 5. The number of rotatable bonds is 46. The van der Waals surface area contributed by atoms with Gasteiger partial charge in [-0.2, -0.15) is 0 Å². The minimum absolute atomic E-state index is 0.0647. The fourth-order valence-electron chi connectivity index (χ4n) is 7.51. The van der Waals surface area contributed by atoms with Gasteiger partial charge in [0.05, 0.1) is 39.9 Å². The first-order valence-electron chi connectivity index (χ1n) is 25.1. The van der Waals surface area contributed by atoms with Gasteiger partial charge in [0.25, 0.3) is 0 Å². The van der Waals surface area contributed by atoms with E-state index in [0.717, 1.165) is 38.5 Å². The first-order chi connectivity index (χ1) is 28.0. The van der Waals surface area contributed by atoms with Crippen LogP contribution >= 0.6 is 7.82 Å². The van der Waals surface area contributed by atoms with Crippen molar-refractivity contribution in [3.63, 3.8) is 0 Å². The van der Waals surface area contributed by atoms with Crippen LogP contribution in [0, 0.1) is 0 Å². The van der Waals surface area contributed by atoms with E-state index >= 15 is 0 Å². The highest BCUT2D eigenvalue weighted by Crippen LogP contribution is 2.43. The zero-order valence-corrected chi connectivity index (χ0v) is 40.2. The van der Waals surface area contributed by atoms with E-state index in [9.17, 15) is 19.4 Å². The van der Waals surface area contributed by atoms with Crippen LogP contribution in [0.4, 0.5) is 0 Å². The van der Waals surface area contributed by atoms with Crippen molar-refractivity contribution in [2.45, 2.75) is 257 Å². The number of allylic oxidation sites excluding steroid dienone is 1. The molecule has 0 aliphatic rings. The Labute approximate surface area is 361 Å². The van der Waals surface area contributed by atoms with E-state index in [-0.39, 0.29) is 19.1 Å². The minimum Gasteiger partial charge on any atom is -0.387 e. The maximum Gasteiger partial charge on any atom is 0.472 e. The standard InChI is InChI=1S/C49H99N2O6P/c1-6-8-10-12-14-16-18-20-21-22-23-24-25-26-27-28-29-30-31-33-35-37-39-41-43-49(53)50-47(46-57-58(54,55)56-45-44-51(3,4)5)48(52)42-40-38-36-34-32-19-17-15-13-11-9-7-2/h40,42,47-48,52H,6-39,41,43-46H2,1-5H3,(H-,50,53,54,55)/p+1/b42-40+/t47-,48+/m0/s1. The summed E-state index contributed by atoms with van der Waals surface area (Å²) in [6, 6.07) is -0.840. The van der Waals surface area contributed by atoms with Crippen molar-refractivity contribution in [2.24, 2.45) is 0 Å². The third-order valence-electron chi connectivity index (χ3n) is 11.5. The molecular weight excluding hydrogens is 744 g/mol. The van der Waals surface area contributed by atoms with Crippen LogP contribution in [0.25, 0.3) is 0 Å². The van der Waals surface area contributed by atoms with Crippen LogP contribution in [0.15, 0.2) is 12.2 Å². The van der Waals surface area contributed by atoms with Crippen LogP contribution in [-0.4, -0.2) is 73.4 Å². The molecule has 3 atom stereocenters. The number of nitrogens with one attached hydrogen (secondary N) is 1. The maximum atomic E-state index is 12.9. The molecule has 0 heterocycles. The molecule has 0 aromatic rings. The number of phosphoric acid groups is 1. The van der Waals surface area contributed by atoms with Crippen molar-refractivity contribution in [3.05, 3.63) is 12.2 Å². The molecule has 346 valence electrons. The second-order valence-electron chi connectivity index (χ2n) is 18.6. The van der Waals surface area contributed by atoms with Gasteiger partial charge >= 0.3 is 7.82 Å². The Morgan fingerprint density at radius 2 is 0.914 bits per heavy atom. The van der Waals surface area contributed by atoms with Crippen molar-refractivity contribution in [3.8, 4) is 0 Å². The fraction of sp³-hybridized carbons (Fsp3) is 0.939. The van der Waals surface area contributed by atoms with Gasteiger partial charge in [-0.1, -0.05) is 231 Å². The predicted octanol–water partition coefficient (Wildman–Crippen LogP) is 14.3. The van der Waals surface area contributed by atoms with E-state index in [0.29, 0.717) is 17.4 Å². The van der Waals surface area contributed by atoms with Crippen LogP contribution in [-0.2, 0) is 18.4 Å². The van der Waals surface area contributed by atoms with Crippen molar-refractivity contribution < 1.29 is 32.9 Å². The Morgan fingerprint density at radius 1 is 0.569 bits per heavy atom. The minimum atomic E-state index is -4.33. The highest BCUT2D eigenvalue weighted by Gasteiger charge is 2.27. The molecule has 0 aliphatic heterocycles. The van der Waals surface area contributed by atoms with Crippen molar-refractivity contribution in [1.29, 1.82) is 0 Å². The smallest absolute Gasteiger partial charge is 0.387 e. The van der Waals surface area contributed by atoms with Gasteiger partial charge in [0.1, 0.15) is 13.2 Å². The summed E-state index contributed by atoms with van der Waals surface area (Å²) >= 11 is 0. The van der Waals surface area contributed by atoms with Gasteiger partial charge in [-0.05, 0) is 19.3 Å². The number of aliphatic hydroxyl groups excluding tert-OH is 1. The summed E-state index contributed by atoms with van der Waals surface area (Å²) in [5.41, 5.74) is 0. The molecule has 0 radical (unpaired) electrons. The summed E-state index contributed by atoms with van der Waals surface area (Å²) in [5.74, 6) is -0.173. The lowest BCUT2D eigenvalue weighted by molar-refractivity contribution is -0.870. The van der Waals surface area contributed by atoms with E-state index in [1.165, 1.54) is 186 Å². The number of unbranched alkanes of at least 4 members (excludes halogenated alkanes) is 33. The van der Waals surface area contributed by atoms with Crippen LogP contribution in [0.1, 0.15) is 245 Å². The molecule has 3 N–H and O–H groups in total. The summed E-state index contributed by atoms with van der Waals surface area (Å²) in [4.78, 5) is 23.2. The molecule has 0 rings (SSSR count). The zero-order valence-electron chi connectivity index (χ0n) is 39.3. The SMILES string of the molecule is CCCCCCCCCCCC/C=C/[C@@H](O)[C@H](COP(=O)(O)OCC[N+](C)(C)C)NC(=O)CCCCCCCCCCCCCCCCCCCCCCCCCC. The lowest BCUT2D eigenvalue weighted by Crippen LogP contribution is -2.45. The van der Waals surface area contributed by atoms with Gasteiger partial charge in [-0.25, -0.2) is 4.57 Å². The molecule has 1 amide bonds. The second kappa shape index (κ2) is 41.6. The number of quaternary nitrogens is 1. The van der Waals surface area contributed by atoms with Crippen LogP contribution < -0.4 is 5.32 Å². The Morgan fingerprint density at radius 3 is 1.28 bits per heavy atom. The van der Waals surface area contributed by atoms with Gasteiger partial charge in [0.2, 0.25) is 5.91 Å². The van der Waals surface area contributed by atoms with Gasteiger partial charge in [0, 0.05) is 6.42 Å². The second-order valence-corrected chi connectivity index (χ2v) is 20.0. The quantitative estimate of drug-likeness (QED) is 0.0244. The van der Waals surface area contributed by atoms with Crippen LogP contribution in [0.3, 0.4) is 0 Å². The van der Waals surface area contributed by atoms with Crippen LogP contribution in [0.2, 0.25) is 0 Å². The molecule has 1 unspecified atom stereocenters. The number of amides is 1. The zero-order chi connectivity index (χ0) is 42.8. The molecule has 0 saturated heterocycles. The third kappa shape index (κ3) is 43.3. The monoisotopic (exact) mass is 844 g/mol. The van der Waals surface area contributed by atoms with Crippen LogP contribution in [0.5, 0.6) is 0 Å². The number of nitrogens with zero attached hydrogens (tertiary/aromatic N) is 1. The van der Waals surface area contributed by atoms with Gasteiger partial charge in [0.15, 0.2) is 0 Å². The molecule has 58 heavy (non-hydrogen) atoms. The average molecular weight is 844 g/mol. The Kier molecular flexibility index (Phi) is 41.0. The van der Waals surface area contributed by atoms with E-state index in [1.807, 2.05) is 27.2 Å². The molecule has 0 saturated carbocycles.